The summed E-state index contributed by atoms with van der Waals surface area (Å²) in [6.45, 7) is 5.15. The molecule has 70 valence electrons. The lowest BCUT2D eigenvalue weighted by Gasteiger charge is -2.21. The zero-order chi connectivity index (χ0) is 9.40. The first-order valence-electron chi connectivity index (χ1n) is 4.52. The Hall–Kier alpha value is -0.520. The van der Waals surface area contributed by atoms with Crippen molar-refractivity contribution in [2.24, 2.45) is 0 Å². The third-order valence-corrected chi connectivity index (χ3v) is 1.87. The molecule has 0 saturated heterocycles. The van der Waals surface area contributed by atoms with Gasteiger partial charge in [0, 0.05) is 7.11 Å². The highest BCUT2D eigenvalue weighted by molar-refractivity contribution is 5.02. The molecule has 0 aromatic rings. The molecule has 0 amide bonds. The molecule has 1 N–H and O–H groups in total. The van der Waals surface area contributed by atoms with Gasteiger partial charge in [-0.15, -0.1) is 6.42 Å². The predicted molar refractivity (Wildman–Crippen MR) is 52.0 cm³/mol. The van der Waals surface area contributed by atoms with Crippen LogP contribution in [0.25, 0.3) is 0 Å². The second kappa shape index (κ2) is 7.15. The van der Waals surface area contributed by atoms with E-state index in [1.54, 1.807) is 7.11 Å². The fraction of sp³-hybridized carbons (Fsp3) is 0.800. The van der Waals surface area contributed by atoms with Crippen LogP contribution in [0.5, 0.6) is 0 Å². The SMILES string of the molecule is C#CC(NCCC)C(CC)OC. The molecule has 0 radical (unpaired) electrons. The van der Waals surface area contributed by atoms with Crippen LogP contribution >= 0.6 is 0 Å². The van der Waals surface area contributed by atoms with E-state index in [-0.39, 0.29) is 12.1 Å². The van der Waals surface area contributed by atoms with E-state index in [2.05, 4.69) is 25.1 Å². The van der Waals surface area contributed by atoms with Crippen molar-refractivity contribution in [2.45, 2.75) is 38.8 Å². The van der Waals surface area contributed by atoms with Crippen LogP contribution in [0, 0.1) is 12.3 Å². The van der Waals surface area contributed by atoms with E-state index >= 15 is 0 Å². The monoisotopic (exact) mass is 169 g/mol. The van der Waals surface area contributed by atoms with E-state index in [4.69, 9.17) is 11.2 Å². The minimum absolute atomic E-state index is 0.0555. The maximum absolute atomic E-state index is 5.37. The largest absolute Gasteiger partial charge is 0.379 e. The van der Waals surface area contributed by atoms with Crippen molar-refractivity contribution >= 4 is 0 Å². The van der Waals surface area contributed by atoms with Crippen LogP contribution in [-0.2, 0) is 4.74 Å². The van der Waals surface area contributed by atoms with Crippen LogP contribution < -0.4 is 5.32 Å². The van der Waals surface area contributed by atoms with Crippen molar-refractivity contribution in [3.63, 3.8) is 0 Å². The molecule has 12 heavy (non-hydrogen) atoms. The Bertz CT molecular complexity index is 135. The second-order valence-corrected chi connectivity index (χ2v) is 2.78. The van der Waals surface area contributed by atoms with Crippen LogP contribution in [0.4, 0.5) is 0 Å². The Morgan fingerprint density at radius 2 is 2.17 bits per heavy atom. The number of nitrogens with one attached hydrogen (secondary N) is 1. The maximum atomic E-state index is 5.37. The number of methoxy groups -OCH3 is 1. The van der Waals surface area contributed by atoms with Gasteiger partial charge in [0.05, 0.1) is 12.1 Å². The molecule has 0 spiro atoms. The van der Waals surface area contributed by atoms with E-state index < -0.39 is 0 Å². The number of hydrogen-bond acceptors (Lipinski definition) is 2. The Morgan fingerprint density at radius 3 is 2.50 bits per heavy atom. The van der Waals surface area contributed by atoms with E-state index in [9.17, 15) is 0 Å². The Kier molecular flexibility index (Phi) is 6.84. The zero-order valence-corrected chi connectivity index (χ0v) is 8.26. The molecule has 0 heterocycles. The summed E-state index contributed by atoms with van der Waals surface area (Å²) in [6, 6.07) is 0.0555. The third-order valence-electron chi connectivity index (χ3n) is 1.87. The van der Waals surface area contributed by atoms with Crippen molar-refractivity contribution < 1.29 is 4.74 Å². The first kappa shape index (κ1) is 11.5. The van der Waals surface area contributed by atoms with Gasteiger partial charge in [-0.3, -0.25) is 0 Å². The summed E-state index contributed by atoms with van der Waals surface area (Å²) in [6.07, 6.45) is 7.56. The summed E-state index contributed by atoms with van der Waals surface area (Å²) < 4.78 is 5.24. The summed E-state index contributed by atoms with van der Waals surface area (Å²) in [5.41, 5.74) is 0. The van der Waals surface area contributed by atoms with E-state index in [1.807, 2.05) is 0 Å². The Morgan fingerprint density at radius 1 is 1.50 bits per heavy atom. The van der Waals surface area contributed by atoms with Gasteiger partial charge in [-0.2, -0.15) is 0 Å². The Balaban J connectivity index is 3.86. The molecule has 2 unspecified atom stereocenters. The molecule has 0 rings (SSSR count). The summed E-state index contributed by atoms with van der Waals surface area (Å²) in [7, 11) is 1.70. The molecule has 0 aliphatic heterocycles. The summed E-state index contributed by atoms with van der Waals surface area (Å²) >= 11 is 0. The van der Waals surface area contributed by atoms with Gasteiger partial charge in [0.25, 0.3) is 0 Å². The first-order valence-corrected chi connectivity index (χ1v) is 4.52. The lowest BCUT2D eigenvalue weighted by atomic mass is 10.1. The molecule has 0 aliphatic carbocycles. The molecule has 0 saturated carbocycles. The van der Waals surface area contributed by atoms with Gasteiger partial charge in [0.1, 0.15) is 0 Å². The van der Waals surface area contributed by atoms with Crippen molar-refractivity contribution in [1.29, 1.82) is 0 Å². The van der Waals surface area contributed by atoms with Gasteiger partial charge in [-0.05, 0) is 19.4 Å². The van der Waals surface area contributed by atoms with Gasteiger partial charge in [0.15, 0.2) is 0 Å². The lowest BCUT2D eigenvalue weighted by molar-refractivity contribution is 0.0815. The Labute approximate surface area is 75.7 Å². The van der Waals surface area contributed by atoms with Gasteiger partial charge in [-0.25, -0.2) is 0 Å². The molecule has 2 heteroatoms. The van der Waals surface area contributed by atoms with Gasteiger partial charge >= 0.3 is 0 Å². The van der Waals surface area contributed by atoms with Gasteiger partial charge in [-0.1, -0.05) is 19.8 Å². The quantitative estimate of drug-likeness (QED) is 0.607. The summed E-state index contributed by atoms with van der Waals surface area (Å²) in [5.74, 6) is 2.70. The third kappa shape index (κ3) is 3.75. The molecule has 0 bridgehead atoms. The fourth-order valence-corrected chi connectivity index (χ4v) is 1.14. The number of hydrogen-bond donors (Lipinski definition) is 1. The lowest BCUT2D eigenvalue weighted by Crippen LogP contribution is -2.39. The van der Waals surface area contributed by atoms with Crippen LogP contribution in [0.3, 0.4) is 0 Å². The first-order chi connectivity index (χ1) is 5.79. The van der Waals surface area contributed by atoms with Crippen molar-refractivity contribution in [3.05, 3.63) is 0 Å². The van der Waals surface area contributed by atoms with Crippen molar-refractivity contribution in [2.75, 3.05) is 13.7 Å². The highest BCUT2D eigenvalue weighted by atomic mass is 16.5. The number of terminal acetylenes is 1. The summed E-state index contributed by atoms with van der Waals surface area (Å²) in [5, 5.41) is 3.26. The average molecular weight is 169 g/mol. The summed E-state index contributed by atoms with van der Waals surface area (Å²) in [4.78, 5) is 0. The van der Waals surface area contributed by atoms with Crippen LogP contribution in [-0.4, -0.2) is 25.8 Å². The van der Waals surface area contributed by atoms with Gasteiger partial charge in [0.2, 0.25) is 0 Å². The standard InChI is InChI=1S/C10H19NO/c1-5-8-11-9(6-2)10(7-3)12-4/h2,9-11H,5,7-8H2,1,3-4H3. The highest BCUT2D eigenvalue weighted by Gasteiger charge is 2.15. The van der Waals surface area contributed by atoms with Gasteiger partial charge < -0.3 is 10.1 Å². The second-order valence-electron chi connectivity index (χ2n) is 2.78. The van der Waals surface area contributed by atoms with Crippen molar-refractivity contribution in [1.82, 2.24) is 5.32 Å². The fourth-order valence-electron chi connectivity index (χ4n) is 1.14. The van der Waals surface area contributed by atoms with Crippen LogP contribution in [0.1, 0.15) is 26.7 Å². The average Bonchev–Trinajstić information content (AvgIpc) is 2.12. The molecule has 0 aliphatic rings. The molecule has 2 nitrogen and oxygen atoms in total. The maximum Gasteiger partial charge on any atom is 0.0952 e. The van der Waals surface area contributed by atoms with Crippen LogP contribution in [0.15, 0.2) is 0 Å². The molecule has 0 fully saturated rings. The topological polar surface area (TPSA) is 21.3 Å². The van der Waals surface area contributed by atoms with Crippen molar-refractivity contribution in [3.8, 4) is 12.3 Å². The predicted octanol–water partition coefficient (Wildman–Crippen LogP) is 1.41. The minimum Gasteiger partial charge on any atom is -0.379 e. The number of ether oxygens (including phenoxy) is 1. The minimum atomic E-state index is 0.0555. The highest BCUT2D eigenvalue weighted by Crippen LogP contribution is 2.02. The molecule has 0 aromatic carbocycles. The zero-order valence-electron chi connectivity index (χ0n) is 8.26. The molecular formula is C10H19NO. The van der Waals surface area contributed by atoms with E-state index in [1.165, 1.54) is 0 Å². The smallest absolute Gasteiger partial charge is 0.0952 e. The van der Waals surface area contributed by atoms with E-state index in [0.29, 0.717) is 0 Å². The molecular weight excluding hydrogens is 150 g/mol. The molecule has 2 atom stereocenters. The molecule has 0 aromatic heterocycles. The number of rotatable bonds is 6. The normalized spacial score (nSPS) is 15.2. The van der Waals surface area contributed by atoms with Crippen LogP contribution in [0.2, 0.25) is 0 Å². The van der Waals surface area contributed by atoms with E-state index in [0.717, 1.165) is 19.4 Å².